The highest BCUT2D eigenvalue weighted by atomic mass is 127. The summed E-state index contributed by atoms with van der Waals surface area (Å²) in [4.78, 5) is 23.2. The van der Waals surface area contributed by atoms with Crippen LogP contribution in [0.25, 0.3) is 0 Å². The first kappa shape index (κ1) is 23.1. The third-order valence-corrected chi connectivity index (χ3v) is 5.86. The van der Waals surface area contributed by atoms with Crippen LogP contribution in [0.15, 0.2) is 10.4 Å². The lowest BCUT2D eigenvalue weighted by Gasteiger charge is -2.31. The number of nitrogens with one attached hydrogen (secondary N) is 2. The highest BCUT2D eigenvalue weighted by molar-refractivity contribution is 14.0. The van der Waals surface area contributed by atoms with E-state index < -0.39 is 0 Å². The summed E-state index contributed by atoms with van der Waals surface area (Å²) in [6.07, 6.45) is 6.01. The number of carbonyl (C=O) groups excluding carboxylic acids is 1. The normalized spacial score (nSPS) is 16.1. The Morgan fingerprint density at radius 1 is 1.35 bits per heavy atom. The van der Waals surface area contributed by atoms with Crippen LogP contribution in [-0.2, 0) is 17.6 Å². The van der Waals surface area contributed by atoms with Gasteiger partial charge < -0.3 is 15.5 Å². The third kappa shape index (κ3) is 6.07. The maximum atomic E-state index is 12.6. The Morgan fingerprint density at radius 2 is 2.04 bits per heavy atom. The van der Waals surface area contributed by atoms with E-state index in [4.69, 9.17) is 0 Å². The summed E-state index contributed by atoms with van der Waals surface area (Å²) in [6.45, 7) is 3.54. The number of carbonyl (C=O) groups is 1. The van der Waals surface area contributed by atoms with Crippen molar-refractivity contribution in [1.82, 2.24) is 20.5 Å². The zero-order valence-corrected chi connectivity index (χ0v) is 19.4. The zero-order valence-electron chi connectivity index (χ0n) is 16.3. The largest absolute Gasteiger partial charge is 0.356 e. The second-order valence-electron chi connectivity index (χ2n) is 6.88. The number of aromatic nitrogens is 1. The molecule has 148 valence electrons. The Balaban J connectivity index is 0.00000338. The fourth-order valence-corrected chi connectivity index (χ4v) is 4.18. The summed E-state index contributed by atoms with van der Waals surface area (Å²) in [7, 11) is 5.45. The Labute approximate surface area is 178 Å². The maximum Gasteiger partial charge on any atom is 0.230 e. The highest BCUT2D eigenvalue weighted by Crippen LogP contribution is 2.38. The molecule has 0 saturated heterocycles. The number of aryl methyl sites for hydroxylation is 1. The molecule has 1 aliphatic carbocycles. The summed E-state index contributed by atoms with van der Waals surface area (Å²) in [5, 5.41) is 10.0. The van der Waals surface area contributed by atoms with Gasteiger partial charge in [-0.1, -0.05) is 19.8 Å². The van der Waals surface area contributed by atoms with Gasteiger partial charge in [0.1, 0.15) is 0 Å². The van der Waals surface area contributed by atoms with Crippen molar-refractivity contribution in [3.63, 3.8) is 0 Å². The number of thiazole rings is 1. The van der Waals surface area contributed by atoms with Crippen LogP contribution in [0.3, 0.4) is 0 Å². The van der Waals surface area contributed by atoms with Crippen molar-refractivity contribution in [2.24, 2.45) is 10.4 Å². The first-order valence-electron chi connectivity index (χ1n) is 9.10. The van der Waals surface area contributed by atoms with Crippen LogP contribution >= 0.6 is 35.3 Å². The number of aliphatic imine (C=N–C) groups is 1. The molecule has 1 aliphatic rings. The molecule has 1 saturated carbocycles. The van der Waals surface area contributed by atoms with Crippen LogP contribution < -0.4 is 10.6 Å². The monoisotopic (exact) mass is 493 g/mol. The molecule has 1 aromatic heterocycles. The summed E-state index contributed by atoms with van der Waals surface area (Å²) < 4.78 is 0. The predicted octanol–water partition coefficient (Wildman–Crippen LogP) is 2.68. The Morgan fingerprint density at radius 3 is 2.58 bits per heavy atom. The van der Waals surface area contributed by atoms with E-state index in [9.17, 15) is 4.79 Å². The molecule has 0 aliphatic heterocycles. The van der Waals surface area contributed by atoms with Crippen molar-refractivity contribution in [3.05, 3.63) is 16.1 Å². The average Bonchev–Trinajstić information content (AvgIpc) is 3.27. The molecule has 0 radical (unpaired) electrons. The molecular formula is C18H32IN5OS. The lowest BCUT2D eigenvalue weighted by Crippen LogP contribution is -2.49. The number of rotatable bonds is 7. The van der Waals surface area contributed by atoms with Gasteiger partial charge in [-0.15, -0.1) is 35.3 Å². The maximum absolute atomic E-state index is 12.6. The number of amides is 1. The van der Waals surface area contributed by atoms with Crippen LogP contribution in [0.5, 0.6) is 0 Å². The molecule has 6 nitrogen and oxygen atoms in total. The summed E-state index contributed by atoms with van der Waals surface area (Å²) >= 11 is 1.72. The minimum atomic E-state index is -0.286. The van der Waals surface area contributed by atoms with Gasteiger partial charge in [-0.05, 0) is 19.3 Å². The van der Waals surface area contributed by atoms with E-state index in [-0.39, 0.29) is 35.3 Å². The lowest BCUT2D eigenvalue weighted by atomic mass is 9.84. The van der Waals surface area contributed by atoms with Gasteiger partial charge >= 0.3 is 0 Å². The minimum Gasteiger partial charge on any atom is -0.356 e. The Bertz CT molecular complexity index is 596. The average molecular weight is 493 g/mol. The summed E-state index contributed by atoms with van der Waals surface area (Å²) in [6, 6.07) is 0. The molecule has 0 unspecified atom stereocenters. The van der Waals surface area contributed by atoms with Crippen molar-refractivity contribution in [2.75, 3.05) is 34.2 Å². The SMILES string of the molecule is CCc1nc(CCNC(=NC)NCC2(C(=O)N(C)C)CCCC2)cs1.I. The van der Waals surface area contributed by atoms with E-state index >= 15 is 0 Å². The minimum absolute atomic E-state index is 0. The van der Waals surface area contributed by atoms with Crippen molar-refractivity contribution < 1.29 is 4.79 Å². The van der Waals surface area contributed by atoms with Gasteiger partial charge in [0.15, 0.2) is 5.96 Å². The molecular weight excluding hydrogens is 461 g/mol. The second kappa shape index (κ2) is 11.1. The molecule has 0 atom stereocenters. The van der Waals surface area contributed by atoms with E-state index in [1.807, 2.05) is 14.1 Å². The van der Waals surface area contributed by atoms with Gasteiger partial charge in [0, 0.05) is 46.0 Å². The second-order valence-corrected chi connectivity index (χ2v) is 7.82. The third-order valence-electron chi connectivity index (χ3n) is 4.81. The fraction of sp³-hybridized carbons (Fsp3) is 0.722. The first-order chi connectivity index (χ1) is 12.0. The van der Waals surface area contributed by atoms with Gasteiger partial charge in [0.2, 0.25) is 5.91 Å². The molecule has 26 heavy (non-hydrogen) atoms. The van der Waals surface area contributed by atoms with Crippen molar-refractivity contribution in [3.8, 4) is 0 Å². The lowest BCUT2D eigenvalue weighted by molar-refractivity contribution is -0.138. The van der Waals surface area contributed by atoms with Crippen LogP contribution in [0, 0.1) is 5.41 Å². The quantitative estimate of drug-likeness (QED) is 0.348. The van der Waals surface area contributed by atoms with E-state index in [0.29, 0.717) is 6.54 Å². The summed E-state index contributed by atoms with van der Waals surface area (Å²) in [5.41, 5.74) is 0.839. The number of nitrogens with zero attached hydrogens (tertiary/aromatic N) is 3. The van der Waals surface area contributed by atoms with E-state index in [1.54, 1.807) is 23.3 Å². The first-order valence-corrected chi connectivity index (χ1v) is 9.98. The van der Waals surface area contributed by atoms with Crippen molar-refractivity contribution >= 4 is 47.2 Å². The Hall–Kier alpha value is -0.900. The molecule has 2 rings (SSSR count). The molecule has 1 amide bonds. The van der Waals surface area contributed by atoms with Gasteiger partial charge in [-0.3, -0.25) is 9.79 Å². The van der Waals surface area contributed by atoms with Gasteiger partial charge in [-0.2, -0.15) is 0 Å². The molecule has 8 heteroatoms. The van der Waals surface area contributed by atoms with Gasteiger partial charge in [0.05, 0.1) is 16.1 Å². The van der Waals surface area contributed by atoms with Crippen molar-refractivity contribution in [1.29, 1.82) is 0 Å². The molecule has 0 bridgehead atoms. The number of hydrogen-bond donors (Lipinski definition) is 2. The number of halogens is 1. The molecule has 0 aromatic carbocycles. The van der Waals surface area contributed by atoms with Crippen LogP contribution in [0.1, 0.15) is 43.3 Å². The fourth-order valence-electron chi connectivity index (χ4n) is 3.40. The molecule has 1 heterocycles. The van der Waals surface area contributed by atoms with Gasteiger partial charge in [-0.25, -0.2) is 4.98 Å². The predicted molar refractivity (Wildman–Crippen MR) is 120 cm³/mol. The number of guanidine groups is 1. The Kier molecular flexibility index (Phi) is 9.84. The smallest absolute Gasteiger partial charge is 0.230 e. The zero-order chi connectivity index (χ0) is 18.3. The standard InChI is InChI=1S/C18H31N5OS.HI/c1-5-15-22-14(12-25-15)8-11-20-17(19-2)21-13-18(9-6-7-10-18)16(24)23(3)4;/h12H,5-11,13H2,1-4H3,(H2,19,20,21);1H. The van der Waals surface area contributed by atoms with E-state index in [0.717, 1.165) is 56.7 Å². The van der Waals surface area contributed by atoms with Crippen LogP contribution in [-0.4, -0.2) is 56.0 Å². The molecule has 1 aromatic rings. The molecule has 1 fully saturated rings. The summed E-state index contributed by atoms with van der Waals surface area (Å²) in [5.74, 6) is 0.978. The highest BCUT2D eigenvalue weighted by Gasteiger charge is 2.42. The van der Waals surface area contributed by atoms with Crippen molar-refractivity contribution in [2.45, 2.75) is 45.4 Å². The molecule has 2 N–H and O–H groups in total. The van der Waals surface area contributed by atoms with Crippen LogP contribution in [0.4, 0.5) is 0 Å². The number of hydrogen-bond acceptors (Lipinski definition) is 4. The van der Waals surface area contributed by atoms with E-state index in [1.165, 1.54) is 5.01 Å². The van der Waals surface area contributed by atoms with Gasteiger partial charge in [0.25, 0.3) is 0 Å². The topological polar surface area (TPSA) is 69.6 Å². The molecule has 0 spiro atoms. The van der Waals surface area contributed by atoms with E-state index in [2.05, 4.69) is 32.9 Å². The van der Waals surface area contributed by atoms with Crippen LogP contribution in [0.2, 0.25) is 0 Å².